The maximum absolute atomic E-state index is 12.4. The molecule has 0 fully saturated rings. The van der Waals surface area contributed by atoms with Crippen LogP contribution < -0.4 is 16.4 Å². The van der Waals surface area contributed by atoms with E-state index in [-0.39, 0.29) is 10.7 Å². The van der Waals surface area contributed by atoms with Crippen LogP contribution in [0.4, 0.5) is 5.00 Å². The van der Waals surface area contributed by atoms with Crippen molar-refractivity contribution in [1.82, 2.24) is 5.32 Å². The first-order valence-electron chi connectivity index (χ1n) is 8.79. The molecule has 9 heteroatoms. The van der Waals surface area contributed by atoms with Crippen molar-refractivity contribution in [1.29, 1.82) is 0 Å². The molecule has 3 rings (SSSR count). The van der Waals surface area contributed by atoms with E-state index in [1.807, 2.05) is 37.3 Å². The molecule has 0 aliphatic rings. The predicted octanol–water partition coefficient (Wildman–Crippen LogP) is 5.18. The van der Waals surface area contributed by atoms with Gasteiger partial charge in [-0.25, -0.2) is 0 Å². The molecule has 0 saturated carbocycles. The number of thiocarbonyl (C=S) groups is 1. The number of nitrogens with one attached hydrogen (secondary N) is 2. The van der Waals surface area contributed by atoms with E-state index in [1.165, 1.54) is 29.5 Å². The van der Waals surface area contributed by atoms with Crippen molar-refractivity contribution in [2.75, 3.05) is 5.32 Å². The molecule has 1 heterocycles. The highest BCUT2D eigenvalue weighted by Gasteiger charge is 2.21. The number of nitrogens with two attached hydrogens (primary N) is 1. The number of halogens is 2. The second-order valence-corrected chi connectivity index (χ2v) is 8.83. The molecule has 154 valence electrons. The van der Waals surface area contributed by atoms with E-state index >= 15 is 0 Å². The van der Waals surface area contributed by atoms with E-state index in [9.17, 15) is 9.59 Å². The Balaban J connectivity index is 1.79. The second-order valence-electron chi connectivity index (χ2n) is 6.45. The zero-order valence-electron chi connectivity index (χ0n) is 15.8. The van der Waals surface area contributed by atoms with Gasteiger partial charge in [-0.15, -0.1) is 11.3 Å². The van der Waals surface area contributed by atoms with Crippen molar-refractivity contribution in [2.45, 2.75) is 13.3 Å². The first kappa shape index (κ1) is 22.2. The highest BCUT2D eigenvalue weighted by Crippen LogP contribution is 2.34. The average Bonchev–Trinajstić information content (AvgIpc) is 2.96. The summed E-state index contributed by atoms with van der Waals surface area (Å²) in [5, 5.41) is 6.67. The van der Waals surface area contributed by atoms with E-state index in [4.69, 9.17) is 41.2 Å². The Morgan fingerprint density at radius 3 is 2.33 bits per heavy atom. The fraction of sp³-hybridized carbons (Fsp3) is 0.0952. The molecule has 2 amide bonds. The lowest BCUT2D eigenvalue weighted by molar-refractivity contribution is 0.0975. The summed E-state index contributed by atoms with van der Waals surface area (Å²) >= 11 is 18.5. The van der Waals surface area contributed by atoms with Crippen molar-refractivity contribution in [3.8, 4) is 0 Å². The van der Waals surface area contributed by atoms with Crippen LogP contribution >= 0.6 is 46.8 Å². The van der Waals surface area contributed by atoms with Gasteiger partial charge in [-0.1, -0.05) is 53.5 Å². The van der Waals surface area contributed by atoms with Gasteiger partial charge in [0.1, 0.15) is 5.00 Å². The fourth-order valence-electron chi connectivity index (χ4n) is 2.89. The molecule has 0 aliphatic carbocycles. The molecule has 0 radical (unpaired) electrons. The van der Waals surface area contributed by atoms with Crippen molar-refractivity contribution in [2.24, 2.45) is 5.73 Å². The highest BCUT2D eigenvalue weighted by molar-refractivity contribution is 7.80. The number of benzene rings is 2. The molecule has 30 heavy (non-hydrogen) atoms. The van der Waals surface area contributed by atoms with E-state index in [0.717, 1.165) is 16.0 Å². The molecule has 3 aromatic rings. The van der Waals surface area contributed by atoms with Crippen LogP contribution in [0.5, 0.6) is 0 Å². The number of amides is 2. The van der Waals surface area contributed by atoms with Crippen LogP contribution in [-0.4, -0.2) is 16.9 Å². The summed E-state index contributed by atoms with van der Waals surface area (Å²) in [4.78, 5) is 25.5. The van der Waals surface area contributed by atoms with Gasteiger partial charge in [0.05, 0.1) is 5.56 Å². The minimum Gasteiger partial charge on any atom is -0.365 e. The van der Waals surface area contributed by atoms with Crippen molar-refractivity contribution >= 4 is 68.7 Å². The Morgan fingerprint density at radius 2 is 1.73 bits per heavy atom. The zero-order chi connectivity index (χ0) is 21.8. The molecule has 0 aliphatic heterocycles. The number of anilines is 1. The molecule has 0 atom stereocenters. The third-order valence-corrected chi connectivity index (χ3v) is 6.13. The van der Waals surface area contributed by atoms with E-state index in [0.29, 0.717) is 27.0 Å². The van der Waals surface area contributed by atoms with Crippen molar-refractivity contribution in [3.63, 3.8) is 0 Å². The minimum absolute atomic E-state index is 0.0334. The molecule has 0 saturated heterocycles. The van der Waals surface area contributed by atoms with Gasteiger partial charge in [-0.2, -0.15) is 0 Å². The maximum Gasteiger partial charge on any atom is 0.257 e. The average molecular weight is 478 g/mol. The van der Waals surface area contributed by atoms with Gasteiger partial charge in [0.15, 0.2) is 5.11 Å². The maximum atomic E-state index is 12.4. The highest BCUT2D eigenvalue weighted by atomic mass is 35.5. The standard InChI is InChI=1S/C21H17Cl2N3O2S2/c1-11-16(7-12-5-3-2-4-6-12)30-20(17(11)18(24)27)26-21(29)25-19(28)13-8-14(22)10-15(23)9-13/h2-6,8-10H,7H2,1H3,(H2,24,27)(H2,25,26,28,29). The molecule has 0 unspecified atom stereocenters. The summed E-state index contributed by atoms with van der Waals surface area (Å²) in [5.41, 5.74) is 8.11. The molecular weight excluding hydrogens is 461 g/mol. The lowest BCUT2D eigenvalue weighted by Crippen LogP contribution is -2.34. The quantitative estimate of drug-likeness (QED) is 0.442. The first-order chi connectivity index (χ1) is 14.2. The van der Waals surface area contributed by atoms with E-state index < -0.39 is 11.8 Å². The number of hydrogen-bond acceptors (Lipinski definition) is 4. The van der Waals surface area contributed by atoms with Crippen LogP contribution in [0.3, 0.4) is 0 Å². The summed E-state index contributed by atoms with van der Waals surface area (Å²) in [6.07, 6.45) is 0.652. The number of carbonyl (C=O) groups is 2. The molecule has 5 nitrogen and oxygen atoms in total. The third-order valence-electron chi connectivity index (χ3n) is 4.28. The second kappa shape index (κ2) is 9.57. The topological polar surface area (TPSA) is 84.2 Å². The summed E-state index contributed by atoms with van der Waals surface area (Å²) in [7, 11) is 0. The van der Waals surface area contributed by atoms with Crippen LogP contribution in [-0.2, 0) is 6.42 Å². The monoisotopic (exact) mass is 477 g/mol. The van der Waals surface area contributed by atoms with Gasteiger partial charge in [-0.3, -0.25) is 14.9 Å². The number of carbonyl (C=O) groups excluding carboxylic acids is 2. The number of rotatable bonds is 5. The predicted molar refractivity (Wildman–Crippen MR) is 127 cm³/mol. The summed E-state index contributed by atoms with van der Waals surface area (Å²) in [5.74, 6) is -1.04. The van der Waals surface area contributed by atoms with Gasteiger partial charge >= 0.3 is 0 Å². The smallest absolute Gasteiger partial charge is 0.257 e. The Kier molecular flexibility index (Phi) is 7.10. The molecule has 2 aromatic carbocycles. The van der Waals surface area contributed by atoms with Gasteiger partial charge in [0.2, 0.25) is 0 Å². The molecule has 0 spiro atoms. The van der Waals surface area contributed by atoms with Gasteiger partial charge in [-0.05, 0) is 48.5 Å². The normalized spacial score (nSPS) is 10.5. The minimum atomic E-state index is -0.568. The molecule has 4 N–H and O–H groups in total. The fourth-order valence-corrected chi connectivity index (χ4v) is 4.92. The van der Waals surface area contributed by atoms with Crippen LogP contribution in [0.1, 0.15) is 36.7 Å². The third kappa shape index (κ3) is 5.37. The summed E-state index contributed by atoms with van der Waals surface area (Å²) in [6, 6.07) is 14.4. The number of hydrogen-bond donors (Lipinski definition) is 3. The SMILES string of the molecule is Cc1c(Cc2ccccc2)sc(NC(=S)NC(=O)c2cc(Cl)cc(Cl)c2)c1C(N)=O. The van der Waals surface area contributed by atoms with Crippen LogP contribution in [0.15, 0.2) is 48.5 Å². The van der Waals surface area contributed by atoms with Gasteiger partial charge in [0, 0.05) is 26.9 Å². The van der Waals surface area contributed by atoms with Crippen LogP contribution in [0.25, 0.3) is 0 Å². The Bertz CT molecular complexity index is 1110. The van der Waals surface area contributed by atoms with Crippen LogP contribution in [0, 0.1) is 6.92 Å². The Morgan fingerprint density at radius 1 is 1.10 bits per heavy atom. The van der Waals surface area contributed by atoms with Crippen molar-refractivity contribution < 1.29 is 9.59 Å². The van der Waals surface area contributed by atoms with E-state index in [2.05, 4.69) is 10.6 Å². The number of thiophene rings is 1. The molecule has 1 aromatic heterocycles. The zero-order valence-corrected chi connectivity index (χ0v) is 18.9. The molecule has 0 bridgehead atoms. The largest absolute Gasteiger partial charge is 0.365 e. The molecular formula is C21H17Cl2N3O2S2. The van der Waals surface area contributed by atoms with Crippen molar-refractivity contribution in [3.05, 3.63) is 85.7 Å². The van der Waals surface area contributed by atoms with Gasteiger partial charge in [0.25, 0.3) is 11.8 Å². The lowest BCUT2D eigenvalue weighted by Gasteiger charge is -2.10. The Hall–Kier alpha value is -2.45. The summed E-state index contributed by atoms with van der Waals surface area (Å²) in [6.45, 7) is 1.84. The number of primary amides is 1. The lowest BCUT2D eigenvalue weighted by atomic mass is 10.1. The first-order valence-corrected chi connectivity index (χ1v) is 10.8. The Labute approximate surface area is 193 Å². The summed E-state index contributed by atoms with van der Waals surface area (Å²) < 4.78 is 0. The van der Waals surface area contributed by atoms with E-state index in [1.54, 1.807) is 0 Å². The van der Waals surface area contributed by atoms with Gasteiger partial charge < -0.3 is 11.1 Å². The van der Waals surface area contributed by atoms with Crippen LogP contribution in [0.2, 0.25) is 10.0 Å².